The number of amides is 2. The van der Waals surface area contributed by atoms with E-state index in [9.17, 15) is 18.0 Å². The Morgan fingerprint density at radius 2 is 1.45 bits per heavy atom. The second-order valence-electron chi connectivity index (χ2n) is 10.3. The number of aryl methyl sites for hydroxylation is 2. The van der Waals surface area contributed by atoms with Crippen molar-refractivity contribution in [2.75, 3.05) is 17.9 Å². The number of benzene rings is 4. The summed E-state index contributed by atoms with van der Waals surface area (Å²) < 4.78 is 29.2. The summed E-state index contributed by atoms with van der Waals surface area (Å²) in [6.07, 6.45) is 0.162. The normalized spacial score (nSPS) is 12.0. The molecule has 4 aromatic carbocycles. The zero-order valence-electron chi connectivity index (χ0n) is 24.4. The molecule has 0 spiro atoms. The predicted octanol–water partition coefficient (Wildman–Crippen LogP) is 6.85. The van der Waals surface area contributed by atoms with E-state index in [0.717, 1.165) is 21.0 Å². The van der Waals surface area contributed by atoms with Gasteiger partial charge in [0.05, 0.1) is 10.6 Å². The van der Waals surface area contributed by atoms with E-state index >= 15 is 0 Å². The highest BCUT2D eigenvalue weighted by Gasteiger charge is 2.35. The van der Waals surface area contributed by atoms with Crippen molar-refractivity contribution >= 4 is 62.3 Å². The maximum Gasteiger partial charge on any atom is 0.264 e. The fourth-order valence-corrected chi connectivity index (χ4v) is 6.78. The van der Waals surface area contributed by atoms with E-state index in [1.165, 1.54) is 30.1 Å². The van der Waals surface area contributed by atoms with Crippen molar-refractivity contribution in [1.82, 2.24) is 10.2 Å². The van der Waals surface area contributed by atoms with Crippen molar-refractivity contribution < 1.29 is 18.0 Å². The van der Waals surface area contributed by atoms with Crippen LogP contribution in [0.4, 0.5) is 5.69 Å². The van der Waals surface area contributed by atoms with Crippen molar-refractivity contribution in [3.05, 3.63) is 128 Å². The molecule has 0 aliphatic carbocycles. The third kappa shape index (κ3) is 7.74. The summed E-state index contributed by atoms with van der Waals surface area (Å²) in [4.78, 5) is 29.1. The molecule has 0 aliphatic heterocycles. The van der Waals surface area contributed by atoms with Crippen LogP contribution in [0.1, 0.15) is 22.3 Å². The molecule has 44 heavy (non-hydrogen) atoms. The van der Waals surface area contributed by atoms with Gasteiger partial charge in [0.15, 0.2) is 0 Å². The molecule has 4 rings (SSSR count). The van der Waals surface area contributed by atoms with Crippen LogP contribution < -0.4 is 9.62 Å². The minimum absolute atomic E-state index is 0.000400. The van der Waals surface area contributed by atoms with E-state index < -0.39 is 34.4 Å². The first-order chi connectivity index (χ1) is 20.9. The van der Waals surface area contributed by atoms with E-state index in [0.29, 0.717) is 20.6 Å². The lowest BCUT2D eigenvalue weighted by atomic mass is 10.0. The molecule has 0 aliphatic rings. The van der Waals surface area contributed by atoms with Gasteiger partial charge in [-0.2, -0.15) is 0 Å². The summed E-state index contributed by atoms with van der Waals surface area (Å²) in [5, 5.41) is 3.60. The minimum atomic E-state index is -4.25. The predicted molar refractivity (Wildman–Crippen MR) is 177 cm³/mol. The molecule has 0 unspecified atom stereocenters. The average Bonchev–Trinajstić information content (AvgIpc) is 3.00. The lowest BCUT2D eigenvalue weighted by Gasteiger charge is -2.34. The summed E-state index contributed by atoms with van der Waals surface area (Å²) in [5.41, 5.74) is 3.05. The zero-order chi connectivity index (χ0) is 32.0. The van der Waals surface area contributed by atoms with Crippen LogP contribution in [0.3, 0.4) is 0 Å². The first-order valence-electron chi connectivity index (χ1n) is 13.8. The summed E-state index contributed by atoms with van der Waals surface area (Å²) in [5.74, 6) is -1.07. The van der Waals surface area contributed by atoms with Crippen LogP contribution in [0.2, 0.25) is 15.1 Å². The summed E-state index contributed by atoms with van der Waals surface area (Å²) in [7, 11) is -2.77. The number of hydrogen-bond donors (Lipinski definition) is 1. The van der Waals surface area contributed by atoms with Gasteiger partial charge in [-0.15, -0.1) is 0 Å². The van der Waals surface area contributed by atoms with Gasteiger partial charge in [0.2, 0.25) is 11.8 Å². The Kier molecular flexibility index (Phi) is 11.0. The molecule has 1 N–H and O–H groups in total. The van der Waals surface area contributed by atoms with Gasteiger partial charge in [0.1, 0.15) is 12.6 Å². The fraction of sp³-hybridized carbons (Fsp3) is 0.212. The number of halogens is 3. The minimum Gasteiger partial charge on any atom is -0.357 e. The van der Waals surface area contributed by atoms with Gasteiger partial charge in [0, 0.05) is 40.6 Å². The molecule has 0 heterocycles. The Balaban J connectivity index is 1.84. The highest BCUT2D eigenvalue weighted by atomic mass is 35.5. The Morgan fingerprint density at radius 1 is 0.818 bits per heavy atom. The van der Waals surface area contributed by atoms with Crippen LogP contribution in [0.25, 0.3) is 0 Å². The first kappa shape index (κ1) is 33.3. The molecule has 4 aromatic rings. The van der Waals surface area contributed by atoms with Gasteiger partial charge >= 0.3 is 0 Å². The Labute approximate surface area is 273 Å². The van der Waals surface area contributed by atoms with Crippen molar-refractivity contribution in [1.29, 1.82) is 0 Å². The molecule has 0 radical (unpaired) electrons. The number of carbonyl (C=O) groups is 2. The van der Waals surface area contributed by atoms with Crippen LogP contribution in [0, 0.1) is 13.8 Å². The van der Waals surface area contributed by atoms with Gasteiger partial charge in [-0.3, -0.25) is 13.9 Å². The second kappa shape index (κ2) is 14.5. The highest BCUT2D eigenvalue weighted by Crippen LogP contribution is 2.30. The lowest BCUT2D eigenvalue weighted by molar-refractivity contribution is -0.139. The number of nitrogens with zero attached hydrogens (tertiary/aromatic N) is 2. The Bertz CT molecular complexity index is 1730. The molecule has 2 amide bonds. The standard InChI is InChI=1S/C33H32Cl3N3O4S/c1-22-12-16-26(17-13-22)44(42,43)39(25-15-14-23(2)30(36)19-25)21-32(40)38(20-27-28(34)10-7-11-29(27)35)31(33(41)37-3)18-24-8-5-4-6-9-24/h4-17,19,31H,18,20-21H2,1-3H3,(H,37,41)/t31-/m0/s1. The van der Waals surface area contributed by atoms with Gasteiger partial charge in [0.25, 0.3) is 10.0 Å². The van der Waals surface area contributed by atoms with E-state index in [1.54, 1.807) is 49.4 Å². The molecule has 230 valence electrons. The fourth-order valence-electron chi connectivity index (χ4n) is 4.68. The molecule has 7 nitrogen and oxygen atoms in total. The average molecular weight is 673 g/mol. The molecule has 0 bridgehead atoms. The molecule has 0 fully saturated rings. The highest BCUT2D eigenvalue weighted by molar-refractivity contribution is 7.92. The number of anilines is 1. The summed E-state index contributed by atoms with van der Waals surface area (Å²) in [6.45, 7) is 2.87. The van der Waals surface area contributed by atoms with Gasteiger partial charge in [-0.05, 0) is 61.4 Å². The monoisotopic (exact) mass is 671 g/mol. The largest absolute Gasteiger partial charge is 0.357 e. The van der Waals surface area contributed by atoms with Crippen LogP contribution in [-0.4, -0.2) is 44.8 Å². The Morgan fingerprint density at radius 3 is 2.05 bits per heavy atom. The van der Waals surface area contributed by atoms with E-state index in [2.05, 4.69) is 5.32 Å². The summed E-state index contributed by atoms with van der Waals surface area (Å²) >= 11 is 19.4. The van der Waals surface area contributed by atoms with Gasteiger partial charge < -0.3 is 10.2 Å². The molecule has 1 atom stereocenters. The number of rotatable bonds is 11. The third-order valence-electron chi connectivity index (χ3n) is 7.24. The maximum absolute atomic E-state index is 14.4. The topological polar surface area (TPSA) is 86.8 Å². The van der Waals surface area contributed by atoms with Gasteiger partial charge in [-0.1, -0.05) is 95.0 Å². The van der Waals surface area contributed by atoms with Crippen LogP contribution in [0.5, 0.6) is 0 Å². The number of carbonyl (C=O) groups excluding carboxylic acids is 2. The van der Waals surface area contributed by atoms with Crippen molar-refractivity contribution in [2.45, 2.75) is 37.8 Å². The molecule has 0 saturated heterocycles. The van der Waals surface area contributed by atoms with E-state index in [-0.39, 0.29) is 23.5 Å². The second-order valence-corrected chi connectivity index (χ2v) is 13.4. The SMILES string of the molecule is CNC(=O)[C@H](Cc1ccccc1)N(Cc1c(Cl)cccc1Cl)C(=O)CN(c1ccc(C)c(Cl)c1)S(=O)(=O)c1ccc(C)cc1. The molecule has 11 heteroatoms. The van der Waals surface area contributed by atoms with Crippen LogP contribution >= 0.6 is 34.8 Å². The number of likely N-dealkylation sites (N-methyl/N-ethyl adjacent to an activating group) is 1. The van der Waals surface area contributed by atoms with Crippen molar-refractivity contribution in [3.63, 3.8) is 0 Å². The zero-order valence-corrected chi connectivity index (χ0v) is 27.5. The van der Waals surface area contributed by atoms with Crippen molar-refractivity contribution in [2.24, 2.45) is 0 Å². The smallest absolute Gasteiger partial charge is 0.264 e. The lowest BCUT2D eigenvalue weighted by Crippen LogP contribution is -2.53. The Hall–Kier alpha value is -3.56. The molecular formula is C33H32Cl3N3O4S. The number of nitrogens with one attached hydrogen (secondary N) is 1. The molecule has 0 aromatic heterocycles. The number of hydrogen-bond acceptors (Lipinski definition) is 4. The van der Waals surface area contributed by atoms with E-state index in [1.807, 2.05) is 37.3 Å². The van der Waals surface area contributed by atoms with E-state index in [4.69, 9.17) is 34.8 Å². The number of sulfonamides is 1. The first-order valence-corrected chi connectivity index (χ1v) is 16.3. The van der Waals surface area contributed by atoms with Crippen LogP contribution in [0.15, 0.2) is 95.9 Å². The van der Waals surface area contributed by atoms with Gasteiger partial charge in [-0.25, -0.2) is 8.42 Å². The quantitative estimate of drug-likeness (QED) is 0.189. The molecular weight excluding hydrogens is 641 g/mol. The molecule has 0 saturated carbocycles. The van der Waals surface area contributed by atoms with Crippen molar-refractivity contribution in [3.8, 4) is 0 Å². The third-order valence-corrected chi connectivity index (χ3v) is 10.1. The summed E-state index contributed by atoms with van der Waals surface area (Å²) in [6, 6.07) is 24.3. The maximum atomic E-state index is 14.4. The van der Waals surface area contributed by atoms with Crippen LogP contribution in [-0.2, 0) is 32.6 Å².